The fourth-order valence-corrected chi connectivity index (χ4v) is 3.62. The van der Waals surface area contributed by atoms with Gasteiger partial charge in [0.1, 0.15) is 0 Å². The Morgan fingerprint density at radius 3 is 2.42 bits per heavy atom. The number of carbonyl (C=O) groups excluding carboxylic acids is 1. The second-order valence-electron chi connectivity index (χ2n) is 5.08. The highest BCUT2D eigenvalue weighted by Gasteiger charge is 2.23. The number of benzene rings is 1. The van der Waals surface area contributed by atoms with Gasteiger partial charge in [0, 0.05) is 10.8 Å². The quantitative estimate of drug-likeness (QED) is 0.592. The van der Waals surface area contributed by atoms with Gasteiger partial charge in [-0.2, -0.15) is 0 Å². The van der Waals surface area contributed by atoms with Crippen LogP contribution in [-0.2, 0) is 4.79 Å². The molecule has 0 radical (unpaired) electrons. The monoisotopic (exact) mass is 275 g/mol. The normalized spacial score (nSPS) is 16.1. The van der Waals surface area contributed by atoms with Crippen molar-refractivity contribution in [2.24, 2.45) is 0 Å². The Bertz CT molecular complexity index is 437. The molecule has 1 fully saturated rings. The number of carbonyl (C=O) groups is 1. The standard InChI is InChI=1S/C16H21NOS/c1-13(2)16(18)17(14-9-5-3-6-10-14)19-15-11-7-4-8-12-15/h3,5-6,9-10,15H,1,4,7-8,11-12H2,2H3. The van der Waals surface area contributed by atoms with Crippen molar-refractivity contribution in [2.75, 3.05) is 4.31 Å². The minimum Gasteiger partial charge on any atom is -0.268 e. The number of nitrogens with zero attached hydrogens (tertiary/aromatic N) is 1. The lowest BCUT2D eigenvalue weighted by molar-refractivity contribution is -0.113. The molecular weight excluding hydrogens is 254 g/mol. The van der Waals surface area contributed by atoms with E-state index in [0.29, 0.717) is 10.8 Å². The number of amides is 1. The van der Waals surface area contributed by atoms with Gasteiger partial charge < -0.3 is 0 Å². The molecule has 1 saturated carbocycles. The molecule has 102 valence electrons. The average Bonchev–Trinajstić information content (AvgIpc) is 2.46. The molecule has 19 heavy (non-hydrogen) atoms. The zero-order valence-electron chi connectivity index (χ0n) is 11.5. The van der Waals surface area contributed by atoms with Crippen molar-refractivity contribution in [1.29, 1.82) is 0 Å². The lowest BCUT2D eigenvalue weighted by Gasteiger charge is -2.28. The van der Waals surface area contributed by atoms with E-state index in [1.54, 1.807) is 18.9 Å². The first-order valence-electron chi connectivity index (χ1n) is 6.90. The van der Waals surface area contributed by atoms with Gasteiger partial charge in [0.15, 0.2) is 0 Å². The molecule has 0 aromatic heterocycles. The predicted octanol–water partition coefficient (Wildman–Crippen LogP) is 4.58. The van der Waals surface area contributed by atoms with Crippen molar-refractivity contribution >= 4 is 23.5 Å². The van der Waals surface area contributed by atoms with Gasteiger partial charge in [-0.1, -0.05) is 44.0 Å². The topological polar surface area (TPSA) is 20.3 Å². The molecule has 0 heterocycles. The van der Waals surface area contributed by atoms with Crippen LogP contribution in [0.1, 0.15) is 39.0 Å². The number of anilines is 1. The highest BCUT2D eigenvalue weighted by Crippen LogP contribution is 2.34. The molecule has 2 rings (SSSR count). The van der Waals surface area contributed by atoms with Crippen LogP contribution in [0.5, 0.6) is 0 Å². The molecule has 1 aliphatic carbocycles. The van der Waals surface area contributed by atoms with E-state index >= 15 is 0 Å². The van der Waals surface area contributed by atoms with Crippen LogP contribution in [0, 0.1) is 0 Å². The van der Waals surface area contributed by atoms with Gasteiger partial charge in [0.05, 0.1) is 5.69 Å². The van der Waals surface area contributed by atoms with E-state index in [9.17, 15) is 4.79 Å². The maximum Gasteiger partial charge on any atom is 0.263 e. The van der Waals surface area contributed by atoms with Gasteiger partial charge in [0.2, 0.25) is 0 Å². The molecule has 1 aromatic carbocycles. The molecule has 0 unspecified atom stereocenters. The second kappa shape index (κ2) is 6.80. The van der Waals surface area contributed by atoms with Crippen LogP contribution in [0.4, 0.5) is 5.69 Å². The van der Waals surface area contributed by atoms with Gasteiger partial charge in [-0.15, -0.1) is 0 Å². The van der Waals surface area contributed by atoms with Crippen LogP contribution in [0.3, 0.4) is 0 Å². The third-order valence-electron chi connectivity index (χ3n) is 3.35. The molecule has 2 nitrogen and oxygen atoms in total. The van der Waals surface area contributed by atoms with Crippen LogP contribution >= 0.6 is 11.9 Å². The zero-order chi connectivity index (χ0) is 13.7. The maximum absolute atomic E-state index is 12.3. The molecule has 1 aliphatic rings. The molecule has 1 amide bonds. The van der Waals surface area contributed by atoms with Crippen molar-refractivity contribution < 1.29 is 4.79 Å². The summed E-state index contributed by atoms with van der Waals surface area (Å²) >= 11 is 1.68. The van der Waals surface area contributed by atoms with E-state index in [1.807, 2.05) is 34.6 Å². The molecule has 3 heteroatoms. The highest BCUT2D eigenvalue weighted by molar-refractivity contribution is 8.02. The van der Waals surface area contributed by atoms with E-state index in [-0.39, 0.29) is 5.91 Å². The molecule has 0 atom stereocenters. The summed E-state index contributed by atoms with van der Waals surface area (Å²) < 4.78 is 1.82. The van der Waals surface area contributed by atoms with Crippen LogP contribution in [0.2, 0.25) is 0 Å². The van der Waals surface area contributed by atoms with Gasteiger partial charge in [-0.25, -0.2) is 0 Å². The Morgan fingerprint density at radius 1 is 1.21 bits per heavy atom. The predicted molar refractivity (Wildman–Crippen MR) is 83.2 cm³/mol. The summed E-state index contributed by atoms with van der Waals surface area (Å²) in [5, 5.41) is 0.553. The van der Waals surface area contributed by atoms with Gasteiger partial charge in [-0.3, -0.25) is 9.10 Å². The zero-order valence-corrected chi connectivity index (χ0v) is 12.3. The van der Waals surface area contributed by atoms with Crippen LogP contribution in [0.25, 0.3) is 0 Å². The Balaban J connectivity index is 2.14. The first-order valence-corrected chi connectivity index (χ1v) is 7.74. The van der Waals surface area contributed by atoms with E-state index in [1.165, 1.54) is 32.1 Å². The largest absolute Gasteiger partial charge is 0.268 e. The Kier molecular flexibility index (Phi) is 5.08. The molecule has 0 spiro atoms. The third kappa shape index (κ3) is 3.87. The van der Waals surface area contributed by atoms with Gasteiger partial charge in [0.25, 0.3) is 5.91 Å². The van der Waals surface area contributed by atoms with Gasteiger partial charge >= 0.3 is 0 Å². The lowest BCUT2D eigenvalue weighted by Crippen LogP contribution is -2.28. The summed E-state index contributed by atoms with van der Waals surface area (Å²) in [6.07, 6.45) is 6.30. The van der Waals surface area contributed by atoms with Crippen LogP contribution in [-0.4, -0.2) is 11.2 Å². The van der Waals surface area contributed by atoms with E-state index in [4.69, 9.17) is 0 Å². The molecule has 0 saturated heterocycles. The first-order chi connectivity index (χ1) is 9.18. The smallest absolute Gasteiger partial charge is 0.263 e. The fraction of sp³-hybridized carbons (Fsp3) is 0.438. The van der Waals surface area contributed by atoms with Crippen molar-refractivity contribution in [2.45, 2.75) is 44.3 Å². The van der Waals surface area contributed by atoms with Crippen LogP contribution < -0.4 is 4.31 Å². The molecule has 0 aliphatic heterocycles. The fourth-order valence-electron chi connectivity index (χ4n) is 2.28. The Morgan fingerprint density at radius 2 is 1.84 bits per heavy atom. The van der Waals surface area contributed by atoms with Crippen molar-refractivity contribution in [3.8, 4) is 0 Å². The third-order valence-corrected chi connectivity index (χ3v) is 4.70. The SMILES string of the molecule is C=C(C)C(=O)N(SC1CCCCC1)c1ccccc1. The molecular formula is C16H21NOS. The van der Waals surface area contributed by atoms with Crippen molar-refractivity contribution in [3.05, 3.63) is 42.5 Å². The Hall–Kier alpha value is -1.22. The van der Waals surface area contributed by atoms with E-state index in [0.717, 1.165) is 5.69 Å². The summed E-state index contributed by atoms with van der Waals surface area (Å²) in [5.41, 5.74) is 1.54. The number of para-hydroxylation sites is 1. The average molecular weight is 275 g/mol. The number of hydrogen-bond acceptors (Lipinski definition) is 2. The van der Waals surface area contributed by atoms with E-state index in [2.05, 4.69) is 6.58 Å². The van der Waals surface area contributed by atoms with E-state index < -0.39 is 0 Å². The summed E-state index contributed by atoms with van der Waals surface area (Å²) in [6.45, 7) is 5.57. The van der Waals surface area contributed by atoms with Gasteiger partial charge in [-0.05, 0) is 43.8 Å². The van der Waals surface area contributed by atoms with Crippen molar-refractivity contribution in [3.63, 3.8) is 0 Å². The van der Waals surface area contributed by atoms with Crippen molar-refractivity contribution in [1.82, 2.24) is 0 Å². The summed E-state index contributed by atoms with van der Waals surface area (Å²) in [4.78, 5) is 12.3. The first kappa shape index (κ1) is 14.2. The molecule has 0 N–H and O–H groups in total. The minimum atomic E-state index is 0.0155. The lowest BCUT2D eigenvalue weighted by atomic mass is 10.0. The second-order valence-corrected chi connectivity index (χ2v) is 6.32. The summed E-state index contributed by atoms with van der Waals surface area (Å²) in [6, 6.07) is 9.87. The maximum atomic E-state index is 12.3. The number of hydrogen-bond donors (Lipinski definition) is 0. The Labute approximate surface area is 120 Å². The number of rotatable bonds is 4. The molecule has 1 aromatic rings. The van der Waals surface area contributed by atoms with Crippen LogP contribution in [0.15, 0.2) is 42.5 Å². The summed E-state index contributed by atoms with van der Waals surface area (Å²) in [7, 11) is 0. The molecule has 0 bridgehead atoms. The summed E-state index contributed by atoms with van der Waals surface area (Å²) in [5.74, 6) is 0.0155. The minimum absolute atomic E-state index is 0.0155. The highest BCUT2D eigenvalue weighted by atomic mass is 32.2.